The first-order valence-corrected chi connectivity index (χ1v) is 9.71. The summed E-state index contributed by atoms with van der Waals surface area (Å²) in [7, 11) is 6.79. The van der Waals surface area contributed by atoms with Crippen molar-refractivity contribution in [2.45, 2.75) is 26.4 Å². The van der Waals surface area contributed by atoms with Crippen molar-refractivity contribution in [1.82, 2.24) is 10.2 Å². The van der Waals surface area contributed by atoms with E-state index in [0.29, 0.717) is 18.0 Å². The third-order valence-corrected chi connectivity index (χ3v) is 4.80. The summed E-state index contributed by atoms with van der Waals surface area (Å²) in [5, 5.41) is 3.16. The van der Waals surface area contributed by atoms with Crippen LogP contribution >= 0.6 is 0 Å². The van der Waals surface area contributed by atoms with Gasteiger partial charge in [-0.05, 0) is 36.7 Å². The van der Waals surface area contributed by atoms with Gasteiger partial charge in [-0.2, -0.15) is 0 Å². The summed E-state index contributed by atoms with van der Waals surface area (Å²) in [6.45, 7) is 5.04. The van der Waals surface area contributed by atoms with Gasteiger partial charge in [0.15, 0.2) is 11.5 Å². The predicted octanol–water partition coefficient (Wildman–Crippen LogP) is 3.66. The minimum atomic E-state index is -0.0619. The van der Waals surface area contributed by atoms with Gasteiger partial charge < -0.3 is 19.5 Å². The second-order valence-electron chi connectivity index (χ2n) is 7.39. The van der Waals surface area contributed by atoms with Gasteiger partial charge in [-0.15, -0.1) is 0 Å². The van der Waals surface area contributed by atoms with E-state index in [1.165, 1.54) is 0 Å². The summed E-state index contributed by atoms with van der Waals surface area (Å²) in [5.41, 5.74) is 2.03. The van der Waals surface area contributed by atoms with Gasteiger partial charge in [0, 0.05) is 12.1 Å². The summed E-state index contributed by atoms with van der Waals surface area (Å²) in [6, 6.07) is 13.5. The Bertz CT molecular complexity index is 790. The van der Waals surface area contributed by atoms with Gasteiger partial charge in [0.1, 0.15) is 5.75 Å². The molecule has 2 aromatic rings. The predicted molar refractivity (Wildman–Crippen MR) is 115 cm³/mol. The highest BCUT2D eigenvalue weighted by molar-refractivity contribution is 5.78. The van der Waals surface area contributed by atoms with E-state index in [-0.39, 0.29) is 24.4 Å². The molecule has 0 aliphatic rings. The number of likely N-dealkylation sites (N-methyl/N-ethyl adjacent to an activating group) is 1. The zero-order valence-corrected chi connectivity index (χ0v) is 18.2. The van der Waals surface area contributed by atoms with Gasteiger partial charge in [-0.1, -0.05) is 38.1 Å². The number of rotatable bonds is 10. The van der Waals surface area contributed by atoms with E-state index in [1.54, 1.807) is 21.3 Å². The minimum absolute atomic E-state index is 0.0242. The Morgan fingerprint density at radius 3 is 2.24 bits per heavy atom. The highest BCUT2D eigenvalue weighted by Gasteiger charge is 2.20. The molecule has 1 atom stereocenters. The van der Waals surface area contributed by atoms with Gasteiger partial charge >= 0.3 is 0 Å². The van der Waals surface area contributed by atoms with Crippen LogP contribution in [0.25, 0.3) is 0 Å². The highest BCUT2D eigenvalue weighted by Crippen LogP contribution is 2.31. The molecule has 0 fully saturated rings. The number of para-hydroxylation sites is 1. The molecule has 0 aromatic heterocycles. The van der Waals surface area contributed by atoms with E-state index in [9.17, 15) is 4.79 Å². The molecule has 0 bridgehead atoms. The summed E-state index contributed by atoms with van der Waals surface area (Å²) in [5.74, 6) is 2.41. The lowest BCUT2D eigenvalue weighted by Crippen LogP contribution is -2.38. The number of carbonyl (C=O) groups is 1. The molecule has 0 radical (unpaired) electrons. The van der Waals surface area contributed by atoms with Crippen LogP contribution in [0.2, 0.25) is 0 Å². The number of hydrogen-bond acceptors (Lipinski definition) is 5. The van der Waals surface area contributed by atoms with Crippen LogP contribution in [-0.4, -0.2) is 45.7 Å². The largest absolute Gasteiger partial charge is 0.497 e. The van der Waals surface area contributed by atoms with Crippen molar-refractivity contribution >= 4 is 5.91 Å². The van der Waals surface area contributed by atoms with Gasteiger partial charge in [0.05, 0.1) is 33.9 Å². The molecule has 2 aromatic carbocycles. The number of ether oxygens (including phenoxy) is 3. The lowest BCUT2D eigenvalue weighted by molar-refractivity contribution is -0.123. The summed E-state index contributed by atoms with van der Waals surface area (Å²) < 4.78 is 16.1. The zero-order valence-electron chi connectivity index (χ0n) is 18.2. The third kappa shape index (κ3) is 6.12. The molecule has 0 aliphatic heterocycles. The number of hydrogen-bond donors (Lipinski definition) is 1. The molecule has 6 heteroatoms. The number of carbonyl (C=O) groups excluding carboxylic acids is 1. The SMILES string of the molecule is COc1ccc(C(NC(=O)CN(C)Cc2cccc(OC)c2OC)C(C)C)cc1. The molecule has 0 heterocycles. The van der Waals surface area contributed by atoms with E-state index >= 15 is 0 Å². The summed E-state index contributed by atoms with van der Waals surface area (Å²) >= 11 is 0. The van der Waals surface area contributed by atoms with Gasteiger partial charge in [-0.3, -0.25) is 9.69 Å². The Hall–Kier alpha value is -2.73. The average molecular weight is 401 g/mol. The fraction of sp³-hybridized carbons (Fsp3) is 0.435. The molecule has 6 nitrogen and oxygen atoms in total. The Morgan fingerprint density at radius 2 is 1.69 bits per heavy atom. The lowest BCUT2D eigenvalue weighted by atomic mass is 9.96. The Balaban J connectivity index is 2.02. The smallest absolute Gasteiger partial charge is 0.234 e. The monoisotopic (exact) mass is 400 g/mol. The van der Waals surface area contributed by atoms with E-state index < -0.39 is 0 Å². The van der Waals surface area contributed by atoms with Crippen molar-refractivity contribution in [2.75, 3.05) is 34.9 Å². The normalized spacial score (nSPS) is 12.0. The highest BCUT2D eigenvalue weighted by atomic mass is 16.5. The third-order valence-electron chi connectivity index (χ3n) is 4.80. The van der Waals surface area contributed by atoms with Gasteiger partial charge in [0.25, 0.3) is 0 Å². The van der Waals surface area contributed by atoms with Crippen molar-refractivity contribution in [3.63, 3.8) is 0 Å². The van der Waals surface area contributed by atoms with Crippen LogP contribution in [0.4, 0.5) is 0 Å². The molecule has 0 saturated heterocycles. The maximum atomic E-state index is 12.7. The van der Waals surface area contributed by atoms with Crippen LogP contribution in [0.1, 0.15) is 31.0 Å². The quantitative estimate of drug-likeness (QED) is 0.660. The molecule has 1 N–H and O–H groups in total. The Morgan fingerprint density at radius 1 is 1.00 bits per heavy atom. The van der Waals surface area contributed by atoms with Crippen molar-refractivity contribution in [1.29, 1.82) is 0 Å². The van der Waals surface area contributed by atoms with Crippen LogP contribution < -0.4 is 19.5 Å². The molecule has 0 spiro atoms. The first kappa shape index (κ1) is 22.6. The number of amides is 1. The lowest BCUT2D eigenvalue weighted by Gasteiger charge is -2.25. The molecule has 1 unspecified atom stereocenters. The molecule has 2 rings (SSSR count). The van der Waals surface area contributed by atoms with Gasteiger partial charge in [0.2, 0.25) is 5.91 Å². The maximum Gasteiger partial charge on any atom is 0.234 e. The number of methoxy groups -OCH3 is 3. The summed E-state index contributed by atoms with van der Waals surface area (Å²) in [4.78, 5) is 14.7. The van der Waals surface area contributed by atoms with Crippen LogP contribution in [0.5, 0.6) is 17.2 Å². The van der Waals surface area contributed by atoms with Crippen LogP contribution in [-0.2, 0) is 11.3 Å². The van der Waals surface area contributed by atoms with E-state index in [0.717, 1.165) is 16.9 Å². The van der Waals surface area contributed by atoms with E-state index in [4.69, 9.17) is 14.2 Å². The molecule has 0 aliphatic carbocycles. The number of nitrogens with zero attached hydrogens (tertiary/aromatic N) is 1. The molecule has 158 valence electrons. The van der Waals surface area contributed by atoms with Crippen LogP contribution in [0.3, 0.4) is 0 Å². The Kier molecular flexibility index (Phi) is 8.34. The number of nitrogens with one attached hydrogen (secondary N) is 1. The maximum absolute atomic E-state index is 12.7. The first-order chi connectivity index (χ1) is 13.9. The van der Waals surface area contributed by atoms with Gasteiger partial charge in [-0.25, -0.2) is 0 Å². The van der Waals surface area contributed by atoms with Crippen LogP contribution in [0.15, 0.2) is 42.5 Å². The second-order valence-corrected chi connectivity index (χ2v) is 7.39. The summed E-state index contributed by atoms with van der Waals surface area (Å²) in [6.07, 6.45) is 0. The minimum Gasteiger partial charge on any atom is -0.497 e. The second kappa shape index (κ2) is 10.7. The first-order valence-electron chi connectivity index (χ1n) is 9.71. The molecule has 29 heavy (non-hydrogen) atoms. The molecular weight excluding hydrogens is 368 g/mol. The van der Waals surface area contributed by atoms with Crippen LogP contribution in [0, 0.1) is 5.92 Å². The van der Waals surface area contributed by atoms with Crippen molar-refractivity contribution < 1.29 is 19.0 Å². The Labute approximate surface area is 173 Å². The fourth-order valence-electron chi connectivity index (χ4n) is 3.34. The standard InChI is InChI=1S/C23H32N2O4/c1-16(2)22(17-10-12-19(27-4)13-11-17)24-21(26)15-25(3)14-18-8-7-9-20(28-5)23(18)29-6/h7-13,16,22H,14-15H2,1-6H3,(H,24,26). The van der Waals surface area contributed by atoms with Crippen molar-refractivity contribution in [3.05, 3.63) is 53.6 Å². The fourth-order valence-corrected chi connectivity index (χ4v) is 3.34. The zero-order chi connectivity index (χ0) is 21.4. The van der Waals surface area contributed by atoms with E-state index in [2.05, 4.69) is 19.2 Å². The average Bonchev–Trinajstić information content (AvgIpc) is 2.71. The van der Waals surface area contributed by atoms with Crippen molar-refractivity contribution in [3.8, 4) is 17.2 Å². The number of benzene rings is 2. The topological polar surface area (TPSA) is 60.0 Å². The van der Waals surface area contributed by atoms with Crippen molar-refractivity contribution in [2.24, 2.45) is 5.92 Å². The van der Waals surface area contributed by atoms with E-state index in [1.807, 2.05) is 54.4 Å². The molecular formula is C23H32N2O4. The molecule has 0 saturated carbocycles. The molecule has 1 amide bonds.